The minimum Gasteiger partial charge on any atom is -0.371 e. The Balaban J connectivity index is 1.02. The molecule has 1 saturated heterocycles. The summed E-state index contributed by atoms with van der Waals surface area (Å²) in [4.78, 5) is 22.0. The molecule has 4 heterocycles. The molecule has 0 unspecified atom stereocenters. The predicted octanol–water partition coefficient (Wildman–Crippen LogP) is 4.29. The van der Waals surface area contributed by atoms with Crippen molar-refractivity contribution in [1.29, 1.82) is 0 Å². The number of hydrogen-bond donors (Lipinski definition) is 1. The third-order valence-electron chi connectivity index (χ3n) is 7.46. The number of amides is 1. The molecule has 35 heavy (non-hydrogen) atoms. The zero-order valence-corrected chi connectivity index (χ0v) is 19.9. The van der Waals surface area contributed by atoms with Crippen molar-refractivity contribution in [1.82, 2.24) is 19.6 Å². The summed E-state index contributed by atoms with van der Waals surface area (Å²) < 4.78 is 2.15. The lowest BCUT2D eigenvalue weighted by Gasteiger charge is -2.34. The van der Waals surface area contributed by atoms with E-state index < -0.39 is 0 Å². The molecule has 1 N–H and O–H groups in total. The Morgan fingerprint density at radius 3 is 2.51 bits per heavy atom. The van der Waals surface area contributed by atoms with Gasteiger partial charge in [-0.05, 0) is 66.8 Å². The Morgan fingerprint density at radius 1 is 0.914 bits per heavy atom. The van der Waals surface area contributed by atoms with E-state index >= 15 is 0 Å². The first-order chi connectivity index (χ1) is 17.2. The van der Waals surface area contributed by atoms with E-state index in [2.05, 4.69) is 62.2 Å². The molecule has 6 heteroatoms. The minimum atomic E-state index is 0.126. The van der Waals surface area contributed by atoms with Gasteiger partial charge in [-0.3, -0.25) is 4.79 Å². The summed E-state index contributed by atoms with van der Waals surface area (Å²) in [6.07, 6.45) is 7.17. The fraction of sp³-hybridized carbons (Fsp3) is 0.310. The molecule has 6 rings (SSSR count). The highest BCUT2D eigenvalue weighted by Crippen LogP contribution is 2.24. The van der Waals surface area contributed by atoms with Gasteiger partial charge >= 0.3 is 0 Å². The van der Waals surface area contributed by atoms with Crippen LogP contribution >= 0.6 is 0 Å². The molecule has 4 aromatic rings. The second-order valence-electron chi connectivity index (χ2n) is 9.61. The fourth-order valence-corrected chi connectivity index (χ4v) is 5.37. The Morgan fingerprint density at radius 2 is 1.69 bits per heavy atom. The smallest absolute Gasteiger partial charge is 0.254 e. The van der Waals surface area contributed by atoms with Crippen molar-refractivity contribution in [3.8, 4) is 0 Å². The van der Waals surface area contributed by atoms with Crippen molar-refractivity contribution in [2.24, 2.45) is 0 Å². The molecule has 178 valence electrons. The molecule has 0 atom stereocenters. The van der Waals surface area contributed by atoms with E-state index in [9.17, 15) is 4.79 Å². The molecular weight excluding hydrogens is 434 g/mol. The van der Waals surface area contributed by atoms with Crippen molar-refractivity contribution in [3.05, 3.63) is 102 Å². The second kappa shape index (κ2) is 9.55. The maximum Gasteiger partial charge on any atom is 0.254 e. The van der Waals surface area contributed by atoms with Gasteiger partial charge in [-0.15, -0.1) is 0 Å². The van der Waals surface area contributed by atoms with Gasteiger partial charge < -0.3 is 19.5 Å². The molecule has 2 aliphatic rings. The van der Waals surface area contributed by atoms with Gasteiger partial charge in [0.05, 0.1) is 11.9 Å². The van der Waals surface area contributed by atoms with Crippen LogP contribution in [0.5, 0.6) is 0 Å². The third kappa shape index (κ3) is 4.54. The van der Waals surface area contributed by atoms with Crippen LogP contribution in [0.15, 0.2) is 79.1 Å². The number of nitrogens with zero attached hydrogens (tertiary/aromatic N) is 4. The minimum absolute atomic E-state index is 0.126. The third-order valence-corrected chi connectivity index (χ3v) is 7.46. The van der Waals surface area contributed by atoms with Gasteiger partial charge in [0.25, 0.3) is 5.91 Å². The van der Waals surface area contributed by atoms with Crippen molar-refractivity contribution < 1.29 is 4.79 Å². The summed E-state index contributed by atoms with van der Waals surface area (Å²) in [6.45, 7) is 4.34. The number of piperidine rings is 1. The molecule has 1 fully saturated rings. The van der Waals surface area contributed by atoms with Crippen LogP contribution in [-0.2, 0) is 19.5 Å². The molecule has 0 aliphatic carbocycles. The topological polar surface area (TPSA) is 52.9 Å². The van der Waals surface area contributed by atoms with Gasteiger partial charge in [-0.2, -0.15) is 0 Å². The summed E-state index contributed by atoms with van der Waals surface area (Å²) >= 11 is 0. The SMILES string of the molecule is O=C(c1ccc(N2CCC(NCc3cnc4ccccn34)CC2)cc1)N1CCc2ccccc2C1. The number of fused-ring (bicyclic) bond motifs is 2. The molecule has 2 aromatic carbocycles. The summed E-state index contributed by atoms with van der Waals surface area (Å²) in [5.41, 5.74) is 6.79. The number of benzene rings is 2. The van der Waals surface area contributed by atoms with Crippen LogP contribution in [0.2, 0.25) is 0 Å². The maximum absolute atomic E-state index is 13.1. The van der Waals surface area contributed by atoms with E-state index in [0.717, 1.165) is 56.7 Å². The average Bonchev–Trinajstić information content (AvgIpc) is 3.35. The Labute approximate surface area is 206 Å². The highest BCUT2D eigenvalue weighted by Gasteiger charge is 2.23. The highest BCUT2D eigenvalue weighted by atomic mass is 16.2. The molecule has 1 amide bonds. The van der Waals surface area contributed by atoms with E-state index in [4.69, 9.17) is 0 Å². The van der Waals surface area contributed by atoms with E-state index in [1.54, 1.807) is 0 Å². The van der Waals surface area contributed by atoms with Crippen LogP contribution in [0.4, 0.5) is 5.69 Å². The first-order valence-electron chi connectivity index (χ1n) is 12.6. The first kappa shape index (κ1) is 21.9. The van der Waals surface area contributed by atoms with Crippen LogP contribution in [0.1, 0.15) is 40.0 Å². The fourth-order valence-electron chi connectivity index (χ4n) is 5.37. The van der Waals surface area contributed by atoms with Gasteiger partial charge in [-0.1, -0.05) is 30.3 Å². The van der Waals surface area contributed by atoms with Gasteiger partial charge in [0.15, 0.2) is 0 Å². The number of carbonyl (C=O) groups excluding carboxylic acids is 1. The number of pyridine rings is 1. The van der Waals surface area contributed by atoms with Crippen LogP contribution in [0.25, 0.3) is 5.65 Å². The summed E-state index contributed by atoms with van der Waals surface area (Å²) in [5, 5.41) is 3.72. The monoisotopic (exact) mass is 465 g/mol. The Kier molecular flexibility index (Phi) is 5.96. The van der Waals surface area contributed by atoms with Crippen molar-refractivity contribution in [2.45, 2.75) is 38.4 Å². The molecule has 0 bridgehead atoms. The highest BCUT2D eigenvalue weighted by molar-refractivity contribution is 5.94. The van der Waals surface area contributed by atoms with Crippen LogP contribution in [0, 0.1) is 0 Å². The number of rotatable bonds is 5. The molecular formula is C29H31N5O. The number of imidazole rings is 1. The molecule has 0 spiro atoms. The van der Waals surface area contributed by atoms with E-state index in [0.29, 0.717) is 12.6 Å². The number of anilines is 1. The number of nitrogens with one attached hydrogen (secondary N) is 1. The number of aromatic nitrogens is 2. The maximum atomic E-state index is 13.1. The summed E-state index contributed by atoms with van der Waals surface area (Å²) in [6, 6.07) is 23.2. The van der Waals surface area contributed by atoms with Gasteiger partial charge in [0.2, 0.25) is 0 Å². The zero-order valence-electron chi connectivity index (χ0n) is 19.9. The summed E-state index contributed by atoms with van der Waals surface area (Å²) in [7, 11) is 0. The van der Waals surface area contributed by atoms with Crippen LogP contribution in [0.3, 0.4) is 0 Å². The first-order valence-corrected chi connectivity index (χ1v) is 12.6. The number of hydrogen-bond acceptors (Lipinski definition) is 4. The quantitative estimate of drug-likeness (QED) is 0.478. The van der Waals surface area contributed by atoms with Crippen molar-refractivity contribution >= 4 is 17.2 Å². The molecule has 2 aliphatic heterocycles. The molecule has 2 aromatic heterocycles. The predicted molar refractivity (Wildman–Crippen MR) is 139 cm³/mol. The average molecular weight is 466 g/mol. The van der Waals surface area contributed by atoms with Gasteiger partial charge in [0.1, 0.15) is 5.65 Å². The lowest BCUT2D eigenvalue weighted by atomic mass is 9.99. The summed E-state index contributed by atoms with van der Waals surface area (Å²) in [5.74, 6) is 0.126. The largest absolute Gasteiger partial charge is 0.371 e. The van der Waals surface area contributed by atoms with Crippen molar-refractivity contribution in [3.63, 3.8) is 0 Å². The normalized spacial score (nSPS) is 16.5. The Hall–Kier alpha value is -3.64. The van der Waals surface area contributed by atoms with Gasteiger partial charge in [-0.25, -0.2) is 4.98 Å². The zero-order chi connectivity index (χ0) is 23.6. The molecule has 6 nitrogen and oxygen atoms in total. The lowest BCUT2D eigenvalue weighted by Crippen LogP contribution is -2.42. The molecule has 0 radical (unpaired) electrons. The lowest BCUT2D eigenvalue weighted by molar-refractivity contribution is 0.0734. The Bertz CT molecular complexity index is 1320. The van der Waals surface area contributed by atoms with Crippen molar-refractivity contribution in [2.75, 3.05) is 24.5 Å². The van der Waals surface area contributed by atoms with Gasteiger partial charge in [0, 0.05) is 56.2 Å². The number of carbonyl (C=O) groups is 1. The standard InChI is InChI=1S/C29H31N5O/c35-29(33-16-12-22-5-1-2-6-24(22)21-33)23-8-10-26(11-9-23)32-17-13-25(14-18-32)30-19-27-20-31-28-7-3-4-15-34(27)28/h1-11,15,20,25,30H,12-14,16-19,21H2. The van der Waals surface area contributed by atoms with Crippen LogP contribution < -0.4 is 10.2 Å². The molecule has 0 saturated carbocycles. The van der Waals surface area contributed by atoms with E-state index in [-0.39, 0.29) is 5.91 Å². The van der Waals surface area contributed by atoms with E-state index in [1.165, 1.54) is 22.5 Å². The second-order valence-corrected chi connectivity index (χ2v) is 9.61. The van der Waals surface area contributed by atoms with E-state index in [1.807, 2.05) is 41.4 Å². The van der Waals surface area contributed by atoms with Crippen LogP contribution in [-0.4, -0.2) is 45.9 Å².